The van der Waals surface area contributed by atoms with Crippen molar-refractivity contribution in [1.82, 2.24) is 9.97 Å². The van der Waals surface area contributed by atoms with Crippen molar-refractivity contribution in [3.05, 3.63) is 41.3 Å². The maximum Gasteiger partial charge on any atom is 0.160 e. The third-order valence-corrected chi connectivity index (χ3v) is 3.35. The van der Waals surface area contributed by atoms with Crippen LogP contribution in [0.2, 0.25) is 0 Å². The van der Waals surface area contributed by atoms with E-state index in [1.54, 1.807) is 14.2 Å². The number of benzene rings is 1. The van der Waals surface area contributed by atoms with Crippen LogP contribution in [0.15, 0.2) is 24.3 Å². The third-order valence-electron chi connectivity index (χ3n) is 3.35. The van der Waals surface area contributed by atoms with Gasteiger partial charge in [-0.2, -0.15) is 0 Å². The molecule has 5 heteroatoms. The second-order valence-corrected chi connectivity index (χ2v) is 5.38. The lowest BCUT2D eigenvalue weighted by Crippen LogP contribution is -2.19. The normalized spacial score (nSPS) is 11.9. The molecule has 1 aromatic carbocycles. The maximum atomic E-state index is 5.34. The molecule has 2 aromatic rings. The zero-order chi connectivity index (χ0) is 16.1. The van der Waals surface area contributed by atoms with Crippen LogP contribution in [0.3, 0.4) is 0 Å². The Balaban J connectivity index is 2.06. The first kappa shape index (κ1) is 16.1. The van der Waals surface area contributed by atoms with E-state index in [4.69, 9.17) is 9.47 Å². The molecule has 1 atom stereocenters. The average Bonchev–Trinajstić information content (AvgIpc) is 2.45. The highest BCUT2D eigenvalue weighted by Gasteiger charge is 2.09. The van der Waals surface area contributed by atoms with Crippen LogP contribution in [0.25, 0.3) is 0 Å². The number of aromatic nitrogens is 2. The van der Waals surface area contributed by atoms with Crippen LogP contribution < -0.4 is 14.8 Å². The number of hydrogen-bond donors (Lipinski definition) is 1. The van der Waals surface area contributed by atoms with Crippen molar-refractivity contribution >= 4 is 5.82 Å². The standard InChI is InChI=1S/C17H23N3O2/c1-11(19-17-9-12(2)18-13(3)20-17)8-14-6-7-15(21-4)16(10-14)22-5/h6-7,9-11H,8H2,1-5H3,(H,18,19,20). The van der Waals surface area contributed by atoms with Gasteiger partial charge in [0, 0.05) is 17.8 Å². The molecule has 0 aliphatic heterocycles. The molecule has 1 N–H and O–H groups in total. The Hall–Kier alpha value is -2.30. The van der Waals surface area contributed by atoms with E-state index < -0.39 is 0 Å². The van der Waals surface area contributed by atoms with Crippen molar-refractivity contribution in [1.29, 1.82) is 0 Å². The molecule has 0 aliphatic carbocycles. The van der Waals surface area contributed by atoms with Crippen molar-refractivity contribution in [2.45, 2.75) is 33.2 Å². The minimum absolute atomic E-state index is 0.242. The van der Waals surface area contributed by atoms with Gasteiger partial charge in [-0.25, -0.2) is 9.97 Å². The zero-order valence-electron chi connectivity index (χ0n) is 13.8. The minimum atomic E-state index is 0.242. The smallest absolute Gasteiger partial charge is 0.160 e. The van der Waals surface area contributed by atoms with Gasteiger partial charge in [-0.15, -0.1) is 0 Å². The monoisotopic (exact) mass is 301 g/mol. The average molecular weight is 301 g/mol. The van der Waals surface area contributed by atoms with Crippen LogP contribution in [0.1, 0.15) is 24.0 Å². The van der Waals surface area contributed by atoms with Crippen molar-refractivity contribution in [3.63, 3.8) is 0 Å². The van der Waals surface area contributed by atoms with Gasteiger partial charge in [-0.1, -0.05) is 6.07 Å². The predicted molar refractivity (Wildman–Crippen MR) is 87.8 cm³/mol. The van der Waals surface area contributed by atoms with Crippen molar-refractivity contribution in [2.75, 3.05) is 19.5 Å². The van der Waals surface area contributed by atoms with E-state index in [2.05, 4.69) is 28.3 Å². The van der Waals surface area contributed by atoms with Crippen molar-refractivity contribution in [3.8, 4) is 11.5 Å². The lowest BCUT2D eigenvalue weighted by Gasteiger charge is -2.16. The molecule has 0 aliphatic rings. The summed E-state index contributed by atoms with van der Waals surface area (Å²) in [4.78, 5) is 8.70. The highest BCUT2D eigenvalue weighted by Crippen LogP contribution is 2.28. The first-order valence-corrected chi connectivity index (χ1v) is 7.31. The first-order valence-electron chi connectivity index (χ1n) is 7.31. The van der Waals surface area contributed by atoms with Crippen LogP contribution in [-0.4, -0.2) is 30.2 Å². The summed E-state index contributed by atoms with van der Waals surface area (Å²) < 4.78 is 10.6. The number of hydrogen-bond acceptors (Lipinski definition) is 5. The molecular weight excluding hydrogens is 278 g/mol. The Labute approximate surface area is 131 Å². The molecule has 22 heavy (non-hydrogen) atoms. The minimum Gasteiger partial charge on any atom is -0.493 e. The summed E-state index contributed by atoms with van der Waals surface area (Å²) in [5.74, 6) is 3.13. The van der Waals surface area contributed by atoms with Crippen LogP contribution in [0, 0.1) is 13.8 Å². The van der Waals surface area contributed by atoms with Gasteiger partial charge in [0.1, 0.15) is 11.6 Å². The van der Waals surface area contributed by atoms with Gasteiger partial charge in [0.15, 0.2) is 11.5 Å². The highest BCUT2D eigenvalue weighted by atomic mass is 16.5. The largest absolute Gasteiger partial charge is 0.493 e. The SMILES string of the molecule is COc1ccc(CC(C)Nc2cc(C)nc(C)n2)cc1OC. The molecule has 118 valence electrons. The number of methoxy groups -OCH3 is 2. The maximum absolute atomic E-state index is 5.34. The van der Waals surface area contributed by atoms with Crippen LogP contribution in [0.4, 0.5) is 5.82 Å². The summed E-state index contributed by atoms with van der Waals surface area (Å²) in [5.41, 5.74) is 2.15. The molecule has 0 fully saturated rings. The van der Waals surface area contributed by atoms with Gasteiger partial charge in [-0.05, 0) is 44.9 Å². The van der Waals surface area contributed by atoms with E-state index in [-0.39, 0.29) is 6.04 Å². The van der Waals surface area contributed by atoms with Gasteiger partial charge in [0.05, 0.1) is 14.2 Å². The summed E-state index contributed by atoms with van der Waals surface area (Å²) in [7, 11) is 3.29. The van der Waals surface area contributed by atoms with Crippen molar-refractivity contribution in [2.24, 2.45) is 0 Å². The van der Waals surface area contributed by atoms with E-state index in [9.17, 15) is 0 Å². The van der Waals surface area contributed by atoms with Crippen LogP contribution in [0.5, 0.6) is 11.5 Å². The Morgan fingerprint density at radius 3 is 2.41 bits per heavy atom. The summed E-state index contributed by atoms with van der Waals surface area (Å²) in [6.45, 7) is 6.00. The molecule has 0 saturated heterocycles. The van der Waals surface area contributed by atoms with Gasteiger partial charge < -0.3 is 14.8 Å². The van der Waals surface area contributed by atoms with Crippen molar-refractivity contribution < 1.29 is 9.47 Å². The fourth-order valence-corrected chi connectivity index (χ4v) is 2.46. The quantitative estimate of drug-likeness (QED) is 0.888. The van der Waals surface area contributed by atoms with E-state index in [0.29, 0.717) is 0 Å². The Kier molecular flexibility index (Phi) is 5.20. The van der Waals surface area contributed by atoms with Crippen LogP contribution in [-0.2, 0) is 6.42 Å². The third kappa shape index (κ3) is 4.10. The van der Waals surface area contributed by atoms with Gasteiger partial charge in [-0.3, -0.25) is 0 Å². The van der Waals surface area contributed by atoms with E-state index >= 15 is 0 Å². The second kappa shape index (κ2) is 7.11. The number of anilines is 1. The molecule has 1 unspecified atom stereocenters. The molecule has 0 spiro atoms. The molecule has 1 heterocycles. The molecule has 0 radical (unpaired) electrons. The molecule has 5 nitrogen and oxygen atoms in total. The van der Waals surface area contributed by atoms with E-state index in [0.717, 1.165) is 35.3 Å². The van der Waals surface area contributed by atoms with Crippen LogP contribution >= 0.6 is 0 Å². The fraction of sp³-hybridized carbons (Fsp3) is 0.412. The highest BCUT2D eigenvalue weighted by molar-refractivity contribution is 5.44. The number of rotatable bonds is 6. The zero-order valence-corrected chi connectivity index (χ0v) is 13.8. The number of nitrogens with one attached hydrogen (secondary N) is 1. The van der Waals surface area contributed by atoms with E-state index in [1.807, 2.05) is 32.0 Å². The summed E-state index contributed by atoms with van der Waals surface area (Å²) in [5, 5.41) is 3.41. The summed E-state index contributed by atoms with van der Waals surface area (Å²) in [6, 6.07) is 8.19. The number of aryl methyl sites for hydroxylation is 2. The van der Waals surface area contributed by atoms with Gasteiger partial charge in [0.25, 0.3) is 0 Å². The molecule has 2 rings (SSSR count). The molecule has 0 bridgehead atoms. The number of nitrogens with zero attached hydrogens (tertiary/aromatic N) is 2. The van der Waals surface area contributed by atoms with Gasteiger partial charge >= 0.3 is 0 Å². The predicted octanol–water partition coefficient (Wildman–Crippen LogP) is 3.15. The molecule has 1 aromatic heterocycles. The van der Waals surface area contributed by atoms with Gasteiger partial charge in [0.2, 0.25) is 0 Å². The van der Waals surface area contributed by atoms with E-state index in [1.165, 1.54) is 5.56 Å². The topological polar surface area (TPSA) is 56.3 Å². The molecule has 0 amide bonds. The Morgan fingerprint density at radius 2 is 1.77 bits per heavy atom. The second-order valence-electron chi connectivity index (χ2n) is 5.38. The Bertz CT molecular complexity index is 624. The fourth-order valence-electron chi connectivity index (χ4n) is 2.46. The summed E-state index contributed by atoms with van der Waals surface area (Å²) >= 11 is 0. The first-order chi connectivity index (χ1) is 10.5. The molecular formula is C17H23N3O2. The lowest BCUT2D eigenvalue weighted by molar-refractivity contribution is 0.354. The lowest BCUT2D eigenvalue weighted by atomic mass is 10.1. The summed E-state index contributed by atoms with van der Waals surface area (Å²) in [6.07, 6.45) is 0.864. The molecule has 0 saturated carbocycles. The number of ether oxygens (including phenoxy) is 2. The Morgan fingerprint density at radius 1 is 1.05 bits per heavy atom.